The van der Waals surface area contributed by atoms with Crippen LogP contribution < -0.4 is 5.14 Å². The van der Waals surface area contributed by atoms with Gasteiger partial charge in [0.2, 0.25) is 15.9 Å². The average Bonchev–Trinajstić information content (AvgIpc) is 2.82. The third kappa shape index (κ3) is 3.86. The standard InChI is InChI=1S/C16H19N3O3S/c17-23(21,22)11-12-9-16(20)19(10-12)8-6-13-5-7-18-15-4-2-1-3-14(13)15/h1-5,7,12H,6,8-11H2,(H2,17,21,22). The van der Waals surface area contributed by atoms with E-state index in [1.165, 1.54) is 0 Å². The molecule has 122 valence electrons. The molecule has 1 saturated heterocycles. The lowest BCUT2D eigenvalue weighted by Gasteiger charge is -2.17. The van der Waals surface area contributed by atoms with Gasteiger partial charge in [-0.25, -0.2) is 13.6 Å². The van der Waals surface area contributed by atoms with Crippen LogP contribution in [0.3, 0.4) is 0 Å². The molecule has 0 aliphatic carbocycles. The maximum absolute atomic E-state index is 12.0. The Bertz CT molecular complexity index is 830. The molecule has 23 heavy (non-hydrogen) atoms. The lowest BCUT2D eigenvalue weighted by molar-refractivity contribution is -0.127. The fraction of sp³-hybridized carbons (Fsp3) is 0.375. The number of primary sulfonamides is 1. The second-order valence-electron chi connectivity index (χ2n) is 5.98. The van der Waals surface area contributed by atoms with Crippen molar-refractivity contribution < 1.29 is 13.2 Å². The van der Waals surface area contributed by atoms with Crippen molar-refractivity contribution in [2.75, 3.05) is 18.8 Å². The number of nitrogens with zero attached hydrogens (tertiary/aromatic N) is 2. The molecular formula is C16H19N3O3S. The molecule has 0 radical (unpaired) electrons. The number of carbonyl (C=O) groups is 1. The van der Waals surface area contributed by atoms with Crippen LogP contribution in [0.5, 0.6) is 0 Å². The van der Waals surface area contributed by atoms with Gasteiger partial charge in [0.05, 0.1) is 11.3 Å². The fourth-order valence-corrected chi connectivity index (χ4v) is 4.02. The van der Waals surface area contributed by atoms with Crippen molar-refractivity contribution in [1.29, 1.82) is 0 Å². The fourth-order valence-electron chi connectivity index (χ4n) is 3.14. The van der Waals surface area contributed by atoms with Crippen molar-refractivity contribution >= 4 is 26.8 Å². The molecule has 0 saturated carbocycles. The van der Waals surface area contributed by atoms with E-state index in [1.54, 1.807) is 11.1 Å². The minimum absolute atomic E-state index is 0.00277. The zero-order chi connectivity index (χ0) is 16.4. The van der Waals surface area contributed by atoms with Gasteiger partial charge < -0.3 is 4.90 Å². The summed E-state index contributed by atoms with van der Waals surface area (Å²) in [7, 11) is -3.54. The summed E-state index contributed by atoms with van der Waals surface area (Å²) in [5.41, 5.74) is 2.07. The van der Waals surface area contributed by atoms with Crippen LogP contribution in [0.2, 0.25) is 0 Å². The number of para-hydroxylation sites is 1. The Hall–Kier alpha value is -1.99. The summed E-state index contributed by atoms with van der Waals surface area (Å²) in [6, 6.07) is 9.86. The Morgan fingerprint density at radius 2 is 2.04 bits per heavy atom. The van der Waals surface area contributed by atoms with E-state index in [1.807, 2.05) is 30.3 Å². The lowest BCUT2D eigenvalue weighted by atomic mass is 10.1. The molecule has 7 heteroatoms. The predicted octanol–water partition coefficient (Wildman–Crippen LogP) is 0.914. The molecule has 1 aliphatic heterocycles. The van der Waals surface area contributed by atoms with Crippen LogP contribution in [0, 0.1) is 5.92 Å². The van der Waals surface area contributed by atoms with Gasteiger partial charge in [-0.05, 0) is 24.1 Å². The second kappa shape index (κ2) is 6.25. The molecule has 1 atom stereocenters. The van der Waals surface area contributed by atoms with Gasteiger partial charge in [0.15, 0.2) is 0 Å². The number of amides is 1. The number of rotatable bonds is 5. The number of carbonyl (C=O) groups excluding carboxylic acids is 1. The molecule has 1 fully saturated rings. The number of benzene rings is 1. The number of sulfonamides is 1. The smallest absolute Gasteiger partial charge is 0.222 e. The number of likely N-dealkylation sites (tertiary alicyclic amines) is 1. The Morgan fingerprint density at radius 3 is 2.83 bits per heavy atom. The van der Waals surface area contributed by atoms with Gasteiger partial charge in [-0.3, -0.25) is 9.78 Å². The summed E-state index contributed by atoms with van der Waals surface area (Å²) < 4.78 is 22.3. The zero-order valence-electron chi connectivity index (χ0n) is 12.7. The third-order valence-electron chi connectivity index (χ3n) is 4.15. The molecule has 1 unspecified atom stereocenters. The molecular weight excluding hydrogens is 314 g/mol. The maximum atomic E-state index is 12.0. The van der Waals surface area contributed by atoms with Gasteiger partial charge in [0.25, 0.3) is 0 Å². The van der Waals surface area contributed by atoms with E-state index in [9.17, 15) is 13.2 Å². The first kappa shape index (κ1) is 15.9. The van der Waals surface area contributed by atoms with Gasteiger partial charge in [-0.1, -0.05) is 18.2 Å². The van der Waals surface area contributed by atoms with E-state index < -0.39 is 10.0 Å². The van der Waals surface area contributed by atoms with Gasteiger partial charge >= 0.3 is 0 Å². The van der Waals surface area contributed by atoms with Crippen molar-refractivity contribution in [2.45, 2.75) is 12.8 Å². The van der Waals surface area contributed by atoms with Crippen LogP contribution in [0.15, 0.2) is 36.5 Å². The minimum Gasteiger partial charge on any atom is -0.342 e. The molecule has 1 amide bonds. The number of pyridine rings is 1. The van der Waals surface area contributed by atoms with E-state index in [0.29, 0.717) is 13.1 Å². The van der Waals surface area contributed by atoms with Crippen LogP contribution in [0.25, 0.3) is 10.9 Å². The molecule has 1 aromatic heterocycles. The van der Waals surface area contributed by atoms with E-state index in [4.69, 9.17) is 5.14 Å². The highest BCUT2D eigenvalue weighted by molar-refractivity contribution is 7.89. The summed E-state index contributed by atoms with van der Waals surface area (Å²) >= 11 is 0. The molecule has 0 bridgehead atoms. The number of hydrogen-bond acceptors (Lipinski definition) is 4. The summed E-state index contributed by atoms with van der Waals surface area (Å²) in [5.74, 6) is -0.336. The Morgan fingerprint density at radius 1 is 1.26 bits per heavy atom. The number of aromatic nitrogens is 1. The predicted molar refractivity (Wildman–Crippen MR) is 88.1 cm³/mol. The van der Waals surface area contributed by atoms with Crippen molar-refractivity contribution in [3.63, 3.8) is 0 Å². The summed E-state index contributed by atoms with van der Waals surface area (Å²) in [4.78, 5) is 18.1. The number of fused-ring (bicyclic) bond motifs is 1. The number of hydrogen-bond donors (Lipinski definition) is 1. The Labute approximate surface area is 135 Å². The van der Waals surface area contributed by atoms with E-state index in [2.05, 4.69) is 4.98 Å². The van der Waals surface area contributed by atoms with Crippen molar-refractivity contribution in [1.82, 2.24) is 9.88 Å². The van der Waals surface area contributed by atoms with Crippen LogP contribution >= 0.6 is 0 Å². The van der Waals surface area contributed by atoms with Crippen LogP contribution in [-0.4, -0.2) is 43.1 Å². The highest BCUT2D eigenvalue weighted by Gasteiger charge is 2.31. The molecule has 2 N–H and O–H groups in total. The molecule has 1 aliphatic rings. The normalized spacial score (nSPS) is 18.7. The highest BCUT2D eigenvalue weighted by Crippen LogP contribution is 2.21. The van der Waals surface area contributed by atoms with Gasteiger partial charge in [-0.15, -0.1) is 0 Å². The first-order valence-corrected chi connectivity index (χ1v) is 9.25. The summed E-state index contributed by atoms with van der Waals surface area (Å²) in [5, 5.41) is 6.15. The zero-order valence-corrected chi connectivity index (χ0v) is 13.5. The molecule has 6 nitrogen and oxygen atoms in total. The SMILES string of the molecule is NS(=O)(=O)CC1CC(=O)N(CCc2ccnc3ccccc23)C1. The van der Waals surface area contributed by atoms with Crippen molar-refractivity contribution in [3.05, 3.63) is 42.1 Å². The first-order chi connectivity index (χ1) is 10.9. The third-order valence-corrected chi connectivity index (χ3v) is 5.09. The summed E-state index contributed by atoms with van der Waals surface area (Å²) in [6.07, 6.45) is 2.75. The monoisotopic (exact) mass is 333 g/mol. The number of nitrogens with two attached hydrogens (primary N) is 1. The highest BCUT2D eigenvalue weighted by atomic mass is 32.2. The minimum atomic E-state index is -3.54. The molecule has 1 aromatic carbocycles. The van der Waals surface area contributed by atoms with Crippen molar-refractivity contribution in [2.24, 2.45) is 11.1 Å². The largest absolute Gasteiger partial charge is 0.342 e. The van der Waals surface area contributed by atoms with Crippen LogP contribution in [0.4, 0.5) is 0 Å². The average molecular weight is 333 g/mol. The quantitative estimate of drug-likeness (QED) is 0.880. The molecule has 2 heterocycles. The lowest BCUT2D eigenvalue weighted by Crippen LogP contribution is -2.29. The molecule has 0 spiro atoms. The molecule has 3 rings (SSSR count). The second-order valence-corrected chi connectivity index (χ2v) is 7.64. The topological polar surface area (TPSA) is 93.4 Å². The van der Waals surface area contributed by atoms with E-state index in [-0.39, 0.29) is 24.0 Å². The van der Waals surface area contributed by atoms with Gasteiger partial charge in [0, 0.05) is 37.0 Å². The van der Waals surface area contributed by atoms with Gasteiger partial charge in [0.1, 0.15) is 0 Å². The van der Waals surface area contributed by atoms with E-state index in [0.717, 1.165) is 22.9 Å². The molecule has 2 aromatic rings. The van der Waals surface area contributed by atoms with Crippen LogP contribution in [-0.2, 0) is 21.2 Å². The van der Waals surface area contributed by atoms with Gasteiger partial charge in [-0.2, -0.15) is 0 Å². The summed E-state index contributed by atoms with van der Waals surface area (Å²) in [6.45, 7) is 1.03. The Balaban J connectivity index is 1.67. The first-order valence-electron chi connectivity index (χ1n) is 7.53. The van der Waals surface area contributed by atoms with Crippen molar-refractivity contribution in [3.8, 4) is 0 Å². The van der Waals surface area contributed by atoms with E-state index >= 15 is 0 Å². The van der Waals surface area contributed by atoms with Crippen LogP contribution in [0.1, 0.15) is 12.0 Å². The maximum Gasteiger partial charge on any atom is 0.222 e. The Kier molecular flexibility index (Phi) is 4.32.